The van der Waals surface area contributed by atoms with Gasteiger partial charge in [0.2, 0.25) is 0 Å². The van der Waals surface area contributed by atoms with Gasteiger partial charge in [0, 0.05) is 16.3 Å². The molecule has 0 saturated carbocycles. The zero-order chi connectivity index (χ0) is 15.4. The fourth-order valence-electron chi connectivity index (χ4n) is 2.45. The van der Waals surface area contributed by atoms with E-state index in [4.69, 9.17) is 0 Å². The molecule has 0 bridgehead atoms. The van der Waals surface area contributed by atoms with Crippen molar-refractivity contribution < 1.29 is 26.3 Å². The van der Waals surface area contributed by atoms with E-state index in [2.05, 4.69) is 4.98 Å². The van der Waals surface area contributed by atoms with Crippen molar-refractivity contribution in [3.8, 4) is 0 Å². The predicted octanol–water partition coefficient (Wildman–Crippen LogP) is 5.36. The third-order valence-corrected chi connectivity index (χ3v) is 3.27. The number of H-pyrrole nitrogens is 1. The summed E-state index contributed by atoms with van der Waals surface area (Å²) in [4.78, 5) is 2.45. The second-order valence-electron chi connectivity index (χ2n) is 4.58. The number of rotatable bonds is 0. The van der Waals surface area contributed by atoms with Gasteiger partial charge in [-0.15, -0.1) is 0 Å². The Morgan fingerprint density at radius 2 is 1.38 bits per heavy atom. The van der Waals surface area contributed by atoms with Gasteiger partial charge in [-0.3, -0.25) is 0 Å². The number of halogens is 6. The minimum Gasteiger partial charge on any atom is -0.354 e. The number of benzene rings is 2. The zero-order valence-electron chi connectivity index (χ0n) is 10.2. The van der Waals surface area contributed by atoms with Crippen LogP contribution in [-0.2, 0) is 12.4 Å². The van der Waals surface area contributed by atoms with Crippen LogP contribution in [0.1, 0.15) is 11.1 Å². The van der Waals surface area contributed by atoms with Gasteiger partial charge in [-0.25, -0.2) is 0 Å². The molecule has 3 aromatic rings. The van der Waals surface area contributed by atoms with Crippen LogP contribution in [0.5, 0.6) is 0 Å². The molecule has 0 radical (unpaired) electrons. The lowest BCUT2D eigenvalue weighted by Gasteiger charge is -2.16. The second kappa shape index (κ2) is 4.16. The minimum atomic E-state index is -5.11. The first-order valence-electron chi connectivity index (χ1n) is 5.87. The average Bonchev–Trinajstić information content (AvgIpc) is 2.73. The largest absolute Gasteiger partial charge is 0.419 e. The maximum Gasteiger partial charge on any atom is 0.419 e. The normalized spacial score (nSPS) is 13.2. The summed E-state index contributed by atoms with van der Waals surface area (Å²) in [7, 11) is 0. The van der Waals surface area contributed by atoms with Crippen molar-refractivity contribution in [3.05, 3.63) is 47.5 Å². The van der Waals surface area contributed by atoms with E-state index in [-0.39, 0.29) is 5.39 Å². The average molecular weight is 303 g/mol. The van der Waals surface area contributed by atoms with Gasteiger partial charge in [-0.1, -0.05) is 24.3 Å². The molecule has 0 amide bonds. The van der Waals surface area contributed by atoms with Gasteiger partial charge in [0.05, 0.1) is 16.6 Å². The third kappa shape index (κ3) is 2.12. The topological polar surface area (TPSA) is 15.8 Å². The van der Waals surface area contributed by atoms with Crippen molar-refractivity contribution in [3.63, 3.8) is 0 Å². The molecule has 1 heterocycles. The first kappa shape index (κ1) is 13.8. The summed E-state index contributed by atoms with van der Waals surface area (Å²) in [6, 6.07) is 7.82. The number of nitrogens with one attached hydrogen (secondary N) is 1. The third-order valence-electron chi connectivity index (χ3n) is 3.27. The van der Waals surface area contributed by atoms with E-state index in [1.54, 1.807) is 18.2 Å². The molecule has 21 heavy (non-hydrogen) atoms. The molecule has 3 rings (SSSR count). The van der Waals surface area contributed by atoms with Gasteiger partial charge in [0.15, 0.2) is 0 Å². The van der Waals surface area contributed by atoms with E-state index in [9.17, 15) is 26.3 Å². The molecule has 2 aromatic carbocycles. The number of para-hydroxylation sites is 1. The van der Waals surface area contributed by atoms with Gasteiger partial charge in [-0.2, -0.15) is 26.3 Å². The number of aromatic nitrogens is 1. The van der Waals surface area contributed by atoms with Crippen LogP contribution in [-0.4, -0.2) is 4.98 Å². The number of hydrogen-bond acceptors (Lipinski definition) is 0. The summed E-state index contributed by atoms with van der Waals surface area (Å²) >= 11 is 0. The monoisotopic (exact) mass is 303 g/mol. The zero-order valence-corrected chi connectivity index (χ0v) is 10.2. The van der Waals surface area contributed by atoms with Crippen molar-refractivity contribution in [2.75, 3.05) is 0 Å². The van der Waals surface area contributed by atoms with Gasteiger partial charge in [-0.05, 0) is 12.1 Å². The van der Waals surface area contributed by atoms with Crippen molar-refractivity contribution in [2.45, 2.75) is 12.4 Å². The highest BCUT2D eigenvalue weighted by atomic mass is 19.4. The van der Waals surface area contributed by atoms with E-state index in [1.807, 2.05) is 0 Å². The molecule has 0 spiro atoms. The van der Waals surface area contributed by atoms with Gasteiger partial charge >= 0.3 is 12.4 Å². The van der Waals surface area contributed by atoms with Crippen LogP contribution in [0.4, 0.5) is 26.3 Å². The molecule has 1 nitrogen and oxygen atoms in total. The number of alkyl halides is 6. The number of fused-ring (bicyclic) bond motifs is 3. The van der Waals surface area contributed by atoms with E-state index in [0.717, 1.165) is 6.07 Å². The van der Waals surface area contributed by atoms with Gasteiger partial charge < -0.3 is 4.98 Å². The summed E-state index contributed by atoms with van der Waals surface area (Å²) in [5, 5.41) is 0.567. The molecule has 0 aliphatic heterocycles. The Balaban J connectivity index is 2.50. The van der Waals surface area contributed by atoms with E-state index >= 15 is 0 Å². The van der Waals surface area contributed by atoms with Crippen molar-refractivity contribution in [1.82, 2.24) is 4.98 Å². The summed E-state index contributed by atoms with van der Waals surface area (Å²) in [5.74, 6) is 0. The smallest absolute Gasteiger partial charge is 0.354 e. The molecular formula is C14H7F6N. The Morgan fingerprint density at radius 3 is 2.00 bits per heavy atom. The summed E-state index contributed by atoms with van der Waals surface area (Å²) in [6.07, 6.45) is -10.2. The van der Waals surface area contributed by atoms with E-state index in [1.165, 1.54) is 6.07 Å². The summed E-state index contributed by atoms with van der Waals surface area (Å²) in [5.41, 5.74) is -3.55. The van der Waals surface area contributed by atoms with Crippen molar-refractivity contribution in [1.29, 1.82) is 0 Å². The Kier molecular flexibility index (Phi) is 2.73. The Bertz CT molecular complexity index is 825. The quantitative estimate of drug-likeness (QED) is 0.538. The standard InChI is InChI=1S/C14H7F6N/c15-13(16,17)9-6-5-8-7-3-1-2-4-10(7)21-12(8)11(9)14(18,19)20/h1-6,21H. The summed E-state index contributed by atoms with van der Waals surface area (Å²) in [6.45, 7) is 0. The lowest BCUT2D eigenvalue weighted by Crippen LogP contribution is -2.17. The molecule has 0 aliphatic rings. The Morgan fingerprint density at radius 1 is 0.714 bits per heavy atom. The number of hydrogen-bond donors (Lipinski definition) is 1. The van der Waals surface area contributed by atoms with Crippen LogP contribution in [0.3, 0.4) is 0 Å². The molecular weight excluding hydrogens is 296 g/mol. The maximum absolute atomic E-state index is 13.1. The second-order valence-corrected chi connectivity index (χ2v) is 4.58. The number of aromatic amines is 1. The van der Waals surface area contributed by atoms with Crippen LogP contribution >= 0.6 is 0 Å². The highest BCUT2D eigenvalue weighted by Crippen LogP contribution is 2.44. The highest BCUT2D eigenvalue weighted by molar-refractivity contribution is 6.08. The van der Waals surface area contributed by atoms with E-state index in [0.29, 0.717) is 17.0 Å². The lowest BCUT2D eigenvalue weighted by molar-refractivity contribution is -0.161. The predicted molar refractivity (Wildman–Crippen MR) is 65.8 cm³/mol. The molecule has 0 saturated heterocycles. The summed E-state index contributed by atoms with van der Waals surface area (Å²) < 4.78 is 77.9. The van der Waals surface area contributed by atoms with Crippen molar-refractivity contribution in [2.24, 2.45) is 0 Å². The SMILES string of the molecule is FC(F)(F)c1ccc2c([nH]c3ccccc32)c1C(F)(F)F. The Labute approximate surface area is 114 Å². The molecule has 110 valence electrons. The lowest BCUT2D eigenvalue weighted by atomic mass is 10.0. The van der Waals surface area contributed by atoms with Crippen LogP contribution in [0, 0.1) is 0 Å². The molecule has 1 aromatic heterocycles. The van der Waals surface area contributed by atoms with Crippen molar-refractivity contribution >= 4 is 21.8 Å². The minimum absolute atomic E-state index is 0.117. The molecule has 1 N–H and O–H groups in total. The van der Waals surface area contributed by atoms with Crippen LogP contribution in [0.15, 0.2) is 36.4 Å². The van der Waals surface area contributed by atoms with Crippen LogP contribution in [0.25, 0.3) is 21.8 Å². The van der Waals surface area contributed by atoms with Gasteiger partial charge in [0.1, 0.15) is 0 Å². The maximum atomic E-state index is 13.1. The molecule has 0 aliphatic carbocycles. The molecule has 0 atom stereocenters. The first-order valence-corrected chi connectivity index (χ1v) is 5.87. The van der Waals surface area contributed by atoms with Crippen LogP contribution in [0.2, 0.25) is 0 Å². The highest BCUT2D eigenvalue weighted by Gasteiger charge is 2.44. The van der Waals surface area contributed by atoms with E-state index < -0.39 is 29.0 Å². The molecule has 0 fully saturated rings. The van der Waals surface area contributed by atoms with Crippen LogP contribution < -0.4 is 0 Å². The fourth-order valence-corrected chi connectivity index (χ4v) is 2.45. The van der Waals surface area contributed by atoms with Gasteiger partial charge in [0.25, 0.3) is 0 Å². The molecule has 0 unspecified atom stereocenters. The Hall–Kier alpha value is -2.18. The molecule has 7 heteroatoms. The first-order chi connectivity index (χ1) is 9.69. The fraction of sp³-hybridized carbons (Fsp3) is 0.143.